The zero-order valence-electron chi connectivity index (χ0n) is 10.2. The minimum atomic E-state index is 0.711. The molecule has 1 saturated heterocycles. The van der Waals surface area contributed by atoms with Gasteiger partial charge < -0.3 is 5.32 Å². The molecule has 0 spiro atoms. The highest BCUT2D eigenvalue weighted by Gasteiger charge is 2.23. The molecule has 0 aromatic carbocycles. The third-order valence-corrected chi connectivity index (χ3v) is 3.12. The second-order valence-electron chi connectivity index (χ2n) is 4.61. The van der Waals surface area contributed by atoms with Crippen LogP contribution in [0.4, 0.5) is 0 Å². The van der Waals surface area contributed by atoms with Crippen LogP contribution in [0.5, 0.6) is 0 Å². The highest BCUT2D eigenvalue weighted by Crippen LogP contribution is 2.10. The van der Waals surface area contributed by atoms with Gasteiger partial charge in [-0.1, -0.05) is 13.0 Å². The minimum absolute atomic E-state index is 0.711. The van der Waals surface area contributed by atoms with Gasteiger partial charge in [0, 0.05) is 31.9 Å². The number of aromatic nitrogens is 1. The number of nitrogens with one attached hydrogen (secondary N) is 1. The Morgan fingerprint density at radius 1 is 1.44 bits per heavy atom. The fourth-order valence-electron chi connectivity index (χ4n) is 2.01. The van der Waals surface area contributed by atoms with Gasteiger partial charge in [-0.3, -0.25) is 9.88 Å². The third kappa shape index (κ3) is 2.80. The molecule has 2 rings (SSSR count). The van der Waals surface area contributed by atoms with E-state index in [0.717, 1.165) is 19.6 Å². The predicted molar refractivity (Wildman–Crippen MR) is 66.3 cm³/mol. The molecule has 0 radical (unpaired) electrons. The molecule has 3 heteroatoms. The van der Waals surface area contributed by atoms with Crippen LogP contribution in [0.1, 0.15) is 24.6 Å². The topological polar surface area (TPSA) is 28.2 Å². The Labute approximate surface area is 97.9 Å². The van der Waals surface area contributed by atoms with Gasteiger partial charge >= 0.3 is 0 Å². The van der Waals surface area contributed by atoms with Gasteiger partial charge in [0.1, 0.15) is 0 Å². The quantitative estimate of drug-likeness (QED) is 0.815. The summed E-state index contributed by atoms with van der Waals surface area (Å²) in [6.07, 6.45) is 3.17. The number of rotatable bonds is 5. The number of pyridine rings is 1. The fraction of sp³-hybridized carbons (Fsp3) is 0.615. The van der Waals surface area contributed by atoms with Crippen molar-refractivity contribution in [2.24, 2.45) is 0 Å². The Balaban J connectivity index is 1.96. The molecule has 1 fully saturated rings. The van der Waals surface area contributed by atoms with Gasteiger partial charge in [0.05, 0.1) is 5.69 Å². The smallest absolute Gasteiger partial charge is 0.0544 e. The van der Waals surface area contributed by atoms with Crippen LogP contribution in [0.3, 0.4) is 0 Å². The monoisotopic (exact) mass is 219 g/mol. The van der Waals surface area contributed by atoms with E-state index in [-0.39, 0.29) is 0 Å². The van der Waals surface area contributed by atoms with Crippen LogP contribution in [0, 0.1) is 6.92 Å². The van der Waals surface area contributed by atoms with Crippen LogP contribution in [0.15, 0.2) is 18.3 Å². The molecule has 0 bridgehead atoms. The maximum atomic E-state index is 4.48. The summed E-state index contributed by atoms with van der Waals surface area (Å²) < 4.78 is 0. The van der Waals surface area contributed by atoms with E-state index >= 15 is 0 Å². The van der Waals surface area contributed by atoms with Crippen LogP contribution in [-0.2, 0) is 6.54 Å². The molecule has 0 saturated carbocycles. The van der Waals surface area contributed by atoms with Crippen molar-refractivity contribution >= 4 is 0 Å². The summed E-state index contributed by atoms with van der Waals surface area (Å²) in [6.45, 7) is 8.73. The molecular formula is C13H21N3. The first-order valence-corrected chi connectivity index (χ1v) is 6.16. The largest absolute Gasteiger partial charge is 0.314 e. The van der Waals surface area contributed by atoms with Gasteiger partial charge in [-0.05, 0) is 31.5 Å². The lowest BCUT2D eigenvalue weighted by atomic mass is 10.1. The lowest BCUT2D eigenvalue weighted by molar-refractivity contribution is 0.136. The maximum absolute atomic E-state index is 4.48. The molecule has 0 aliphatic carbocycles. The number of nitrogens with zero attached hydrogens (tertiary/aromatic N) is 2. The van der Waals surface area contributed by atoms with Gasteiger partial charge in [-0.2, -0.15) is 0 Å². The van der Waals surface area contributed by atoms with E-state index < -0.39 is 0 Å². The van der Waals surface area contributed by atoms with Crippen LogP contribution in [-0.4, -0.2) is 35.6 Å². The van der Waals surface area contributed by atoms with E-state index in [0.29, 0.717) is 6.04 Å². The van der Waals surface area contributed by atoms with Crippen molar-refractivity contribution in [1.82, 2.24) is 15.2 Å². The van der Waals surface area contributed by atoms with Crippen LogP contribution < -0.4 is 5.32 Å². The molecule has 1 aliphatic rings. The first-order chi connectivity index (χ1) is 7.79. The highest BCUT2D eigenvalue weighted by molar-refractivity contribution is 5.12. The van der Waals surface area contributed by atoms with Crippen LogP contribution in [0.25, 0.3) is 0 Å². The van der Waals surface area contributed by atoms with E-state index in [2.05, 4.69) is 41.2 Å². The van der Waals surface area contributed by atoms with Gasteiger partial charge in [0.2, 0.25) is 0 Å². The molecule has 1 aromatic rings. The van der Waals surface area contributed by atoms with Gasteiger partial charge in [-0.15, -0.1) is 0 Å². The average Bonchev–Trinajstić information content (AvgIpc) is 2.19. The van der Waals surface area contributed by atoms with Crippen molar-refractivity contribution in [3.05, 3.63) is 29.6 Å². The fourth-order valence-corrected chi connectivity index (χ4v) is 2.01. The average molecular weight is 219 g/mol. The summed E-state index contributed by atoms with van der Waals surface area (Å²) in [6, 6.07) is 5.00. The molecule has 16 heavy (non-hydrogen) atoms. The summed E-state index contributed by atoms with van der Waals surface area (Å²) >= 11 is 0. The number of hydrogen-bond acceptors (Lipinski definition) is 3. The Bertz CT molecular complexity index is 316. The standard InChI is InChI=1S/C13H21N3/c1-3-6-16(13-8-14-9-13)10-12-5-4-11(2)7-15-12/h4-5,7,13-14H,3,6,8-10H2,1-2H3. The zero-order valence-corrected chi connectivity index (χ0v) is 10.2. The molecule has 1 aliphatic heterocycles. The van der Waals surface area contributed by atoms with E-state index in [9.17, 15) is 0 Å². The molecule has 0 atom stereocenters. The Morgan fingerprint density at radius 3 is 2.75 bits per heavy atom. The molecule has 1 aromatic heterocycles. The van der Waals surface area contributed by atoms with Gasteiger partial charge in [-0.25, -0.2) is 0 Å². The summed E-state index contributed by atoms with van der Waals surface area (Å²) in [5, 5.41) is 3.33. The molecule has 2 heterocycles. The van der Waals surface area contributed by atoms with E-state index in [1.165, 1.54) is 24.2 Å². The highest BCUT2D eigenvalue weighted by atomic mass is 15.2. The SMILES string of the molecule is CCCN(Cc1ccc(C)cn1)C1CNC1. The van der Waals surface area contributed by atoms with Crippen molar-refractivity contribution in [3.63, 3.8) is 0 Å². The van der Waals surface area contributed by atoms with Crippen LogP contribution in [0.2, 0.25) is 0 Å². The molecule has 0 unspecified atom stereocenters. The summed E-state index contributed by atoms with van der Waals surface area (Å²) in [5.74, 6) is 0. The Hall–Kier alpha value is -0.930. The van der Waals surface area contributed by atoms with E-state index in [1.807, 2.05) is 6.20 Å². The summed E-state index contributed by atoms with van der Waals surface area (Å²) in [5.41, 5.74) is 2.42. The molecule has 3 nitrogen and oxygen atoms in total. The zero-order chi connectivity index (χ0) is 11.4. The van der Waals surface area contributed by atoms with E-state index in [4.69, 9.17) is 0 Å². The first-order valence-electron chi connectivity index (χ1n) is 6.16. The lowest BCUT2D eigenvalue weighted by Crippen LogP contribution is -2.57. The van der Waals surface area contributed by atoms with Gasteiger partial charge in [0.15, 0.2) is 0 Å². The molecule has 0 amide bonds. The second kappa shape index (κ2) is 5.41. The van der Waals surface area contributed by atoms with Crippen molar-refractivity contribution in [1.29, 1.82) is 0 Å². The predicted octanol–water partition coefficient (Wildman–Crippen LogP) is 1.57. The van der Waals surface area contributed by atoms with Crippen molar-refractivity contribution < 1.29 is 0 Å². The van der Waals surface area contributed by atoms with E-state index in [1.54, 1.807) is 0 Å². The van der Waals surface area contributed by atoms with Crippen molar-refractivity contribution in [2.45, 2.75) is 32.9 Å². The van der Waals surface area contributed by atoms with Gasteiger partial charge in [0.25, 0.3) is 0 Å². The van der Waals surface area contributed by atoms with Crippen molar-refractivity contribution in [3.8, 4) is 0 Å². The Kier molecular flexibility index (Phi) is 3.91. The second-order valence-corrected chi connectivity index (χ2v) is 4.61. The summed E-state index contributed by atoms with van der Waals surface area (Å²) in [4.78, 5) is 7.01. The lowest BCUT2D eigenvalue weighted by Gasteiger charge is -2.38. The summed E-state index contributed by atoms with van der Waals surface area (Å²) in [7, 11) is 0. The molecule has 88 valence electrons. The number of aryl methyl sites for hydroxylation is 1. The maximum Gasteiger partial charge on any atom is 0.0544 e. The van der Waals surface area contributed by atoms with Crippen molar-refractivity contribution in [2.75, 3.05) is 19.6 Å². The third-order valence-electron chi connectivity index (χ3n) is 3.12. The normalized spacial score (nSPS) is 16.4. The Morgan fingerprint density at radius 2 is 2.25 bits per heavy atom. The molecular weight excluding hydrogens is 198 g/mol. The first kappa shape index (κ1) is 11.6. The minimum Gasteiger partial charge on any atom is -0.314 e. The van der Waals surface area contributed by atoms with Crippen LogP contribution >= 0.6 is 0 Å². The number of hydrogen-bond donors (Lipinski definition) is 1. The molecule has 1 N–H and O–H groups in total.